The molecule has 0 radical (unpaired) electrons. The van der Waals surface area contributed by atoms with Gasteiger partial charge in [0.15, 0.2) is 0 Å². The molecular formula is C17H19NO4. The van der Waals surface area contributed by atoms with E-state index in [9.17, 15) is 9.90 Å². The number of carboxylic acids is 1. The number of furan rings is 1. The fourth-order valence-electron chi connectivity index (χ4n) is 2.76. The Balaban J connectivity index is 1.65. The van der Waals surface area contributed by atoms with Crippen molar-refractivity contribution in [3.05, 3.63) is 48.2 Å². The van der Waals surface area contributed by atoms with E-state index in [1.807, 2.05) is 41.3 Å². The molecule has 0 aliphatic carbocycles. The SMILES string of the molecule is O=C(O)C1CCCCN1Cc1ccc(Oc2ccccc2)o1. The van der Waals surface area contributed by atoms with Crippen molar-refractivity contribution in [1.82, 2.24) is 4.90 Å². The van der Waals surface area contributed by atoms with Crippen LogP contribution in [0.15, 0.2) is 46.9 Å². The summed E-state index contributed by atoms with van der Waals surface area (Å²) in [6.07, 6.45) is 2.69. The van der Waals surface area contributed by atoms with E-state index in [1.165, 1.54) is 0 Å². The number of para-hydroxylation sites is 1. The molecule has 0 saturated carbocycles. The molecule has 1 saturated heterocycles. The van der Waals surface area contributed by atoms with E-state index in [-0.39, 0.29) is 0 Å². The van der Waals surface area contributed by atoms with Gasteiger partial charge in [0.05, 0.1) is 6.54 Å². The zero-order valence-corrected chi connectivity index (χ0v) is 12.3. The number of ether oxygens (including phenoxy) is 1. The Kier molecular flexibility index (Phi) is 4.44. The van der Waals surface area contributed by atoms with Crippen LogP contribution in [0.1, 0.15) is 25.0 Å². The lowest BCUT2D eigenvalue weighted by Crippen LogP contribution is -2.43. The minimum atomic E-state index is -0.757. The lowest BCUT2D eigenvalue weighted by molar-refractivity contribution is -0.145. The van der Waals surface area contributed by atoms with Gasteiger partial charge in [-0.25, -0.2) is 0 Å². The van der Waals surface area contributed by atoms with Gasteiger partial charge in [-0.2, -0.15) is 0 Å². The normalized spacial score (nSPS) is 19.0. The highest BCUT2D eigenvalue weighted by molar-refractivity contribution is 5.73. The number of hydrogen-bond donors (Lipinski definition) is 1. The summed E-state index contributed by atoms with van der Waals surface area (Å²) in [6.45, 7) is 1.28. The molecule has 2 heterocycles. The number of benzene rings is 1. The molecule has 22 heavy (non-hydrogen) atoms. The Morgan fingerprint density at radius 1 is 1.23 bits per heavy atom. The molecule has 1 fully saturated rings. The number of hydrogen-bond acceptors (Lipinski definition) is 4. The van der Waals surface area contributed by atoms with Gasteiger partial charge in [-0.15, -0.1) is 0 Å². The Labute approximate surface area is 129 Å². The molecule has 1 N–H and O–H groups in total. The summed E-state index contributed by atoms with van der Waals surface area (Å²) in [5.74, 6) is 1.10. The Hall–Kier alpha value is -2.27. The summed E-state index contributed by atoms with van der Waals surface area (Å²) in [4.78, 5) is 13.3. The average molecular weight is 301 g/mol. The highest BCUT2D eigenvalue weighted by Gasteiger charge is 2.28. The highest BCUT2D eigenvalue weighted by Crippen LogP contribution is 2.26. The van der Waals surface area contributed by atoms with Crippen molar-refractivity contribution < 1.29 is 19.1 Å². The van der Waals surface area contributed by atoms with Crippen LogP contribution >= 0.6 is 0 Å². The van der Waals surface area contributed by atoms with Crippen molar-refractivity contribution in [2.45, 2.75) is 31.8 Å². The molecule has 2 aromatic rings. The van der Waals surface area contributed by atoms with Gasteiger partial charge < -0.3 is 14.3 Å². The van der Waals surface area contributed by atoms with Crippen molar-refractivity contribution in [2.75, 3.05) is 6.54 Å². The molecular weight excluding hydrogens is 282 g/mol. The van der Waals surface area contributed by atoms with Crippen molar-refractivity contribution in [3.8, 4) is 11.7 Å². The van der Waals surface area contributed by atoms with E-state index in [0.29, 0.717) is 24.7 Å². The molecule has 0 spiro atoms. The highest BCUT2D eigenvalue weighted by atomic mass is 16.6. The number of carbonyl (C=O) groups is 1. The third-order valence-corrected chi connectivity index (χ3v) is 3.86. The van der Waals surface area contributed by atoms with Crippen LogP contribution in [0.3, 0.4) is 0 Å². The third kappa shape index (κ3) is 3.49. The van der Waals surface area contributed by atoms with E-state index < -0.39 is 12.0 Å². The maximum atomic E-state index is 11.3. The first-order valence-corrected chi connectivity index (χ1v) is 7.51. The standard InChI is InChI=1S/C17H19NO4/c19-17(20)15-8-4-5-11-18(15)12-14-9-10-16(22-14)21-13-6-2-1-3-7-13/h1-3,6-7,9-10,15H,4-5,8,11-12H2,(H,19,20). The fourth-order valence-corrected chi connectivity index (χ4v) is 2.76. The second kappa shape index (κ2) is 6.66. The van der Waals surface area contributed by atoms with Crippen LogP contribution in [0.2, 0.25) is 0 Å². The van der Waals surface area contributed by atoms with E-state index in [4.69, 9.17) is 9.15 Å². The first-order chi connectivity index (χ1) is 10.7. The van der Waals surface area contributed by atoms with E-state index >= 15 is 0 Å². The van der Waals surface area contributed by atoms with Crippen LogP contribution in [-0.2, 0) is 11.3 Å². The second-order valence-electron chi connectivity index (χ2n) is 5.46. The molecule has 5 nitrogen and oxygen atoms in total. The zero-order valence-electron chi connectivity index (χ0n) is 12.3. The van der Waals surface area contributed by atoms with Gasteiger partial charge in [0, 0.05) is 6.07 Å². The molecule has 1 aromatic heterocycles. The van der Waals surface area contributed by atoms with E-state index in [0.717, 1.165) is 25.1 Å². The molecule has 0 bridgehead atoms. The molecule has 1 aliphatic rings. The van der Waals surface area contributed by atoms with Gasteiger partial charge in [-0.1, -0.05) is 24.6 Å². The van der Waals surface area contributed by atoms with Crippen molar-refractivity contribution >= 4 is 5.97 Å². The van der Waals surface area contributed by atoms with Gasteiger partial charge in [-0.3, -0.25) is 9.69 Å². The Morgan fingerprint density at radius 3 is 2.82 bits per heavy atom. The second-order valence-corrected chi connectivity index (χ2v) is 5.46. The van der Waals surface area contributed by atoms with Gasteiger partial charge in [0.2, 0.25) is 0 Å². The van der Waals surface area contributed by atoms with Gasteiger partial charge >= 0.3 is 5.97 Å². The molecule has 1 unspecified atom stereocenters. The van der Waals surface area contributed by atoms with Gasteiger partial charge in [0.1, 0.15) is 17.6 Å². The van der Waals surface area contributed by atoms with E-state index in [2.05, 4.69) is 0 Å². The van der Waals surface area contributed by atoms with Gasteiger partial charge in [-0.05, 0) is 37.6 Å². The Morgan fingerprint density at radius 2 is 2.05 bits per heavy atom. The van der Waals surface area contributed by atoms with Gasteiger partial charge in [0.25, 0.3) is 5.95 Å². The zero-order chi connectivity index (χ0) is 15.4. The smallest absolute Gasteiger partial charge is 0.320 e. The first kappa shape index (κ1) is 14.7. The summed E-state index contributed by atoms with van der Waals surface area (Å²) in [5.41, 5.74) is 0. The number of carboxylic acid groups (broad SMARTS) is 1. The van der Waals surface area contributed by atoms with Crippen LogP contribution in [0.5, 0.6) is 11.7 Å². The number of nitrogens with zero attached hydrogens (tertiary/aromatic N) is 1. The molecule has 1 aliphatic heterocycles. The monoisotopic (exact) mass is 301 g/mol. The minimum Gasteiger partial charge on any atom is -0.480 e. The molecule has 116 valence electrons. The number of likely N-dealkylation sites (tertiary alicyclic amines) is 1. The summed E-state index contributed by atoms with van der Waals surface area (Å²) in [6, 6.07) is 12.6. The average Bonchev–Trinajstić information content (AvgIpc) is 2.96. The largest absolute Gasteiger partial charge is 0.480 e. The summed E-state index contributed by atoms with van der Waals surface area (Å²) in [5, 5.41) is 9.29. The fraction of sp³-hybridized carbons (Fsp3) is 0.353. The van der Waals surface area contributed by atoms with Crippen LogP contribution < -0.4 is 4.74 Å². The van der Waals surface area contributed by atoms with E-state index in [1.54, 1.807) is 6.07 Å². The molecule has 0 amide bonds. The Bertz CT molecular complexity index is 623. The predicted molar refractivity (Wildman–Crippen MR) is 80.9 cm³/mol. The minimum absolute atomic E-state index is 0.419. The summed E-state index contributed by atoms with van der Waals surface area (Å²) in [7, 11) is 0. The number of piperidine rings is 1. The predicted octanol–water partition coefficient (Wildman–Crippen LogP) is 3.51. The lowest BCUT2D eigenvalue weighted by atomic mass is 10.0. The maximum Gasteiger partial charge on any atom is 0.320 e. The van der Waals surface area contributed by atoms with Crippen molar-refractivity contribution in [1.29, 1.82) is 0 Å². The first-order valence-electron chi connectivity index (χ1n) is 7.51. The number of rotatable bonds is 5. The maximum absolute atomic E-state index is 11.3. The molecule has 1 atom stereocenters. The van der Waals surface area contributed by atoms with Crippen LogP contribution in [0, 0.1) is 0 Å². The molecule has 3 rings (SSSR count). The molecule has 5 heteroatoms. The summed E-state index contributed by atoms with van der Waals surface area (Å²) < 4.78 is 11.3. The quantitative estimate of drug-likeness (QED) is 0.915. The van der Waals surface area contributed by atoms with Crippen molar-refractivity contribution in [2.24, 2.45) is 0 Å². The third-order valence-electron chi connectivity index (χ3n) is 3.86. The van der Waals surface area contributed by atoms with Crippen LogP contribution in [0.25, 0.3) is 0 Å². The summed E-state index contributed by atoms with van der Waals surface area (Å²) >= 11 is 0. The van der Waals surface area contributed by atoms with Crippen LogP contribution in [-0.4, -0.2) is 28.6 Å². The van der Waals surface area contributed by atoms with Crippen molar-refractivity contribution in [3.63, 3.8) is 0 Å². The lowest BCUT2D eigenvalue weighted by Gasteiger charge is -2.31. The number of aliphatic carboxylic acids is 1. The topological polar surface area (TPSA) is 62.9 Å². The van der Waals surface area contributed by atoms with Crippen LogP contribution in [0.4, 0.5) is 0 Å². The molecule has 1 aromatic carbocycles.